The molecule has 0 saturated carbocycles. The Hall–Kier alpha value is -2.67. The van der Waals surface area contributed by atoms with Crippen molar-refractivity contribution in [2.45, 2.75) is 19.4 Å². The van der Waals surface area contributed by atoms with E-state index in [1.807, 2.05) is 42.6 Å². The molecule has 0 aliphatic carbocycles. The topological polar surface area (TPSA) is 86.7 Å². The van der Waals surface area contributed by atoms with Gasteiger partial charge in [0.05, 0.1) is 10.8 Å². The van der Waals surface area contributed by atoms with E-state index in [0.29, 0.717) is 17.8 Å². The highest BCUT2D eigenvalue weighted by Gasteiger charge is 2.39. The molecule has 1 saturated heterocycles. The minimum Gasteiger partial charge on any atom is -0.481 e. The van der Waals surface area contributed by atoms with Gasteiger partial charge in [-0.3, -0.25) is 14.4 Å². The first-order valence-electron chi connectivity index (χ1n) is 8.85. The van der Waals surface area contributed by atoms with Gasteiger partial charge in [-0.15, -0.1) is 11.3 Å². The quantitative estimate of drug-likeness (QED) is 0.797. The SMILES string of the molecule is C[C@@H]1CN(C(=O)C(Cc2ccccc2)NC(=O)c2cccs2)C[C@H]1C(=O)O. The first kappa shape index (κ1) is 19.1. The third kappa shape index (κ3) is 4.54. The highest BCUT2D eigenvalue weighted by Crippen LogP contribution is 2.24. The molecule has 7 heteroatoms. The maximum Gasteiger partial charge on any atom is 0.308 e. The molecule has 1 aliphatic rings. The third-order valence-corrected chi connectivity index (χ3v) is 5.74. The fourth-order valence-corrected chi connectivity index (χ4v) is 4.00. The number of hydrogen-bond donors (Lipinski definition) is 2. The molecule has 0 bridgehead atoms. The summed E-state index contributed by atoms with van der Waals surface area (Å²) in [5, 5.41) is 14.0. The van der Waals surface area contributed by atoms with Crippen molar-refractivity contribution in [3.8, 4) is 0 Å². The largest absolute Gasteiger partial charge is 0.481 e. The molecular formula is C20H22N2O4S. The van der Waals surface area contributed by atoms with Crippen molar-refractivity contribution in [2.24, 2.45) is 11.8 Å². The summed E-state index contributed by atoms with van der Waals surface area (Å²) < 4.78 is 0. The Morgan fingerprint density at radius 1 is 1.19 bits per heavy atom. The molecule has 0 spiro atoms. The maximum atomic E-state index is 13.1. The van der Waals surface area contributed by atoms with Crippen LogP contribution < -0.4 is 5.32 Å². The average molecular weight is 386 g/mol. The minimum atomic E-state index is -0.889. The second kappa shape index (κ2) is 8.35. The summed E-state index contributed by atoms with van der Waals surface area (Å²) in [5.74, 6) is -2.10. The van der Waals surface area contributed by atoms with Gasteiger partial charge in [0, 0.05) is 19.5 Å². The summed E-state index contributed by atoms with van der Waals surface area (Å²) in [6, 6.07) is 12.2. The molecule has 1 unspecified atom stereocenters. The van der Waals surface area contributed by atoms with E-state index in [1.165, 1.54) is 11.3 Å². The van der Waals surface area contributed by atoms with Crippen molar-refractivity contribution in [1.82, 2.24) is 10.2 Å². The first-order valence-corrected chi connectivity index (χ1v) is 9.73. The Kier molecular flexibility index (Phi) is 5.91. The van der Waals surface area contributed by atoms with E-state index in [0.717, 1.165) is 5.56 Å². The standard InChI is InChI=1S/C20H22N2O4S/c1-13-11-22(12-15(13)20(25)26)19(24)16(10-14-6-3-2-4-7-14)21-18(23)17-8-5-9-27-17/h2-9,13,15-16H,10-12H2,1H3,(H,21,23)(H,25,26)/t13-,15-,16?/m1/s1. The summed E-state index contributed by atoms with van der Waals surface area (Å²) in [4.78, 5) is 39.1. The van der Waals surface area contributed by atoms with Crippen LogP contribution in [0.1, 0.15) is 22.2 Å². The van der Waals surface area contributed by atoms with Crippen molar-refractivity contribution < 1.29 is 19.5 Å². The van der Waals surface area contributed by atoms with Crippen molar-refractivity contribution >= 4 is 29.1 Å². The number of benzene rings is 1. The van der Waals surface area contributed by atoms with Crippen LogP contribution in [0.15, 0.2) is 47.8 Å². The number of carbonyl (C=O) groups is 3. The van der Waals surface area contributed by atoms with Crippen LogP contribution in [-0.4, -0.2) is 46.9 Å². The molecular weight excluding hydrogens is 364 g/mol. The van der Waals surface area contributed by atoms with Crippen LogP contribution in [0.4, 0.5) is 0 Å². The zero-order valence-electron chi connectivity index (χ0n) is 15.0. The van der Waals surface area contributed by atoms with Crippen molar-refractivity contribution in [3.05, 3.63) is 58.3 Å². The van der Waals surface area contributed by atoms with E-state index in [2.05, 4.69) is 5.32 Å². The second-order valence-electron chi connectivity index (χ2n) is 6.86. The summed E-state index contributed by atoms with van der Waals surface area (Å²) >= 11 is 1.31. The van der Waals surface area contributed by atoms with Gasteiger partial charge in [-0.1, -0.05) is 43.3 Å². The van der Waals surface area contributed by atoms with Gasteiger partial charge >= 0.3 is 5.97 Å². The number of carboxylic acid groups (broad SMARTS) is 1. The molecule has 142 valence electrons. The summed E-state index contributed by atoms with van der Waals surface area (Å²) in [6.07, 6.45) is 0.361. The van der Waals surface area contributed by atoms with Crippen molar-refractivity contribution in [3.63, 3.8) is 0 Å². The van der Waals surface area contributed by atoms with Gasteiger partial charge in [0.1, 0.15) is 6.04 Å². The molecule has 1 fully saturated rings. The lowest BCUT2D eigenvalue weighted by atomic mass is 9.99. The predicted octanol–water partition coefficient (Wildman–Crippen LogP) is 2.27. The van der Waals surface area contributed by atoms with Crippen LogP contribution in [0.3, 0.4) is 0 Å². The van der Waals surface area contributed by atoms with Gasteiger partial charge in [0.2, 0.25) is 5.91 Å². The maximum absolute atomic E-state index is 13.1. The summed E-state index contributed by atoms with van der Waals surface area (Å²) in [6.45, 7) is 2.40. The molecule has 1 aromatic carbocycles. The normalized spacial score (nSPS) is 20.3. The van der Waals surface area contributed by atoms with Crippen LogP contribution in [-0.2, 0) is 16.0 Å². The molecule has 3 rings (SSSR count). The van der Waals surface area contributed by atoms with Crippen LogP contribution in [0.5, 0.6) is 0 Å². The van der Waals surface area contributed by atoms with E-state index in [1.54, 1.807) is 17.0 Å². The van der Waals surface area contributed by atoms with Crippen molar-refractivity contribution in [1.29, 1.82) is 0 Å². The van der Waals surface area contributed by atoms with Gasteiger partial charge < -0.3 is 15.3 Å². The van der Waals surface area contributed by atoms with Gasteiger partial charge in [-0.25, -0.2) is 0 Å². The number of likely N-dealkylation sites (tertiary alicyclic amines) is 1. The smallest absolute Gasteiger partial charge is 0.308 e. The molecule has 2 amide bonds. The van der Waals surface area contributed by atoms with Crippen LogP contribution in [0, 0.1) is 11.8 Å². The number of amides is 2. The van der Waals surface area contributed by atoms with E-state index in [4.69, 9.17) is 0 Å². The number of carbonyl (C=O) groups excluding carboxylic acids is 2. The molecule has 2 heterocycles. The Balaban J connectivity index is 1.77. The number of rotatable bonds is 6. The monoisotopic (exact) mass is 386 g/mol. The Labute approximate surface area is 161 Å². The van der Waals surface area contributed by atoms with E-state index < -0.39 is 17.9 Å². The Morgan fingerprint density at radius 2 is 1.93 bits per heavy atom. The molecule has 2 N–H and O–H groups in total. The highest BCUT2D eigenvalue weighted by molar-refractivity contribution is 7.12. The van der Waals surface area contributed by atoms with Gasteiger partial charge in [-0.05, 0) is 22.9 Å². The third-order valence-electron chi connectivity index (χ3n) is 4.87. The van der Waals surface area contributed by atoms with E-state index >= 15 is 0 Å². The predicted molar refractivity (Wildman–Crippen MR) is 103 cm³/mol. The Morgan fingerprint density at radius 3 is 2.52 bits per heavy atom. The lowest BCUT2D eigenvalue weighted by Gasteiger charge is -2.24. The highest BCUT2D eigenvalue weighted by atomic mass is 32.1. The van der Waals surface area contributed by atoms with Crippen LogP contribution in [0.25, 0.3) is 0 Å². The fourth-order valence-electron chi connectivity index (χ4n) is 3.38. The lowest BCUT2D eigenvalue weighted by molar-refractivity contribution is -0.142. The minimum absolute atomic E-state index is 0.114. The van der Waals surface area contributed by atoms with E-state index in [9.17, 15) is 19.5 Å². The van der Waals surface area contributed by atoms with Gasteiger partial charge in [0.15, 0.2) is 0 Å². The molecule has 2 aromatic rings. The molecule has 27 heavy (non-hydrogen) atoms. The van der Waals surface area contributed by atoms with E-state index in [-0.39, 0.29) is 24.3 Å². The summed E-state index contributed by atoms with van der Waals surface area (Å²) in [7, 11) is 0. The molecule has 6 nitrogen and oxygen atoms in total. The number of nitrogens with zero attached hydrogens (tertiary/aromatic N) is 1. The second-order valence-corrected chi connectivity index (χ2v) is 7.81. The number of thiophene rings is 1. The summed E-state index contributed by atoms with van der Waals surface area (Å²) in [5.41, 5.74) is 0.935. The van der Waals surface area contributed by atoms with Crippen LogP contribution in [0.2, 0.25) is 0 Å². The fraction of sp³-hybridized carbons (Fsp3) is 0.350. The van der Waals surface area contributed by atoms with Gasteiger partial charge in [0.25, 0.3) is 5.91 Å². The number of aliphatic carboxylic acids is 1. The number of hydrogen-bond acceptors (Lipinski definition) is 4. The van der Waals surface area contributed by atoms with Gasteiger partial charge in [-0.2, -0.15) is 0 Å². The van der Waals surface area contributed by atoms with Crippen LogP contribution >= 0.6 is 11.3 Å². The Bertz CT molecular complexity index is 807. The zero-order chi connectivity index (χ0) is 19.4. The molecule has 1 aliphatic heterocycles. The zero-order valence-corrected chi connectivity index (χ0v) is 15.8. The first-order chi connectivity index (χ1) is 13.0. The lowest BCUT2D eigenvalue weighted by Crippen LogP contribution is -2.49. The van der Waals surface area contributed by atoms with Crippen molar-refractivity contribution in [2.75, 3.05) is 13.1 Å². The molecule has 1 aromatic heterocycles. The number of nitrogens with one attached hydrogen (secondary N) is 1. The molecule has 0 radical (unpaired) electrons. The average Bonchev–Trinajstić information content (AvgIpc) is 3.31. The molecule has 3 atom stereocenters. The number of carboxylic acids is 1.